The Morgan fingerprint density at radius 1 is 1.18 bits per heavy atom. The molecule has 92 valence electrons. The van der Waals surface area contributed by atoms with Gasteiger partial charge in [0.2, 0.25) is 11.8 Å². The standard InChI is InChI=1S/C11H12Cl2N2O2/c1-2-9(16)14-6-10(17)15-11-7(12)4-3-5-8(11)13/h3-5H,2,6H2,1H3,(H,14,16)(H,15,17). The smallest absolute Gasteiger partial charge is 0.243 e. The summed E-state index contributed by atoms with van der Waals surface area (Å²) in [6, 6.07) is 4.92. The number of hydrogen-bond donors (Lipinski definition) is 2. The highest BCUT2D eigenvalue weighted by molar-refractivity contribution is 6.39. The van der Waals surface area contributed by atoms with Gasteiger partial charge in [0.05, 0.1) is 22.3 Å². The number of rotatable bonds is 4. The number of hydrogen-bond acceptors (Lipinski definition) is 2. The molecule has 1 aromatic carbocycles. The van der Waals surface area contributed by atoms with E-state index in [0.717, 1.165) is 0 Å². The lowest BCUT2D eigenvalue weighted by molar-refractivity contribution is -0.123. The summed E-state index contributed by atoms with van der Waals surface area (Å²) >= 11 is 11.8. The largest absolute Gasteiger partial charge is 0.347 e. The van der Waals surface area contributed by atoms with Crippen LogP contribution in [0.25, 0.3) is 0 Å². The van der Waals surface area contributed by atoms with E-state index in [1.807, 2.05) is 0 Å². The topological polar surface area (TPSA) is 58.2 Å². The van der Waals surface area contributed by atoms with E-state index in [9.17, 15) is 9.59 Å². The van der Waals surface area contributed by atoms with Crippen LogP contribution in [-0.4, -0.2) is 18.4 Å². The molecule has 0 spiro atoms. The fraction of sp³-hybridized carbons (Fsp3) is 0.273. The molecule has 0 saturated carbocycles. The minimum atomic E-state index is -0.373. The van der Waals surface area contributed by atoms with Crippen molar-refractivity contribution in [1.29, 1.82) is 0 Å². The van der Waals surface area contributed by atoms with Crippen LogP contribution >= 0.6 is 23.2 Å². The van der Waals surface area contributed by atoms with Gasteiger partial charge in [-0.25, -0.2) is 0 Å². The van der Waals surface area contributed by atoms with Crippen molar-refractivity contribution in [2.24, 2.45) is 0 Å². The Balaban J connectivity index is 2.59. The quantitative estimate of drug-likeness (QED) is 0.886. The van der Waals surface area contributed by atoms with Crippen molar-refractivity contribution >= 4 is 40.7 Å². The molecule has 0 bridgehead atoms. The molecule has 0 aliphatic carbocycles. The molecule has 2 amide bonds. The van der Waals surface area contributed by atoms with Gasteiger partial charge < -0.3 is 10.6 Å². The number of benzene rings is 1. The average molecular weight is 275 g/mol. The van der Waals surface area contributed by atoms with E-state index in [-0.39, 0.29) is 18.4 Å². The molecule has 2 N–H and O–H groups in total. The van der Waals surface area contributed by atoms with Crippen LogP contribution < -0.4 is 10.6 Å². The maximum Gasteiger partial charge on any atom is 0.243 e. The van der Waals surface area contributed by atoms with E-state index in [1.165, 1.54) is 0 Å². The molecule has 0 fully saturated rings. The number of anilines is 1. The van der Waals surface area contributed by atoms with Crippen molar-refractivity contribution < 1.29 is 9.59 Å². The first-order chi connectivity index (χ1) is 8.04. The van der Waals surface area contributed by atoms with Gasteiger partial charge in [0.15, 0.2) is 0 Å². The van der Waals surface area contributed by atoms with Crippen molar-refractivity contribution in [2.75, 3.05) is 11.9 Å². The van der Waals surface area contributed by atoms with Crippen LogP contribution in [-0.2, 0) is 9.59 Å². The van der Waals surface area contributed by atoms with E-state index in [4.69, 9.17) is 23.2 Å². The van der Waals surface area contributed by atoms with Crippen molar-refractivity contribution in [2.45, 2.75) is 13.3 Å². The Hall–Kier alpha value is -1.26. The molecule has 0 aliphatic rings. The van der Waals surface area contributed by atoms with Gasteiger partial charge in [0.1, 0.15) is 0 Å². The Labute approximate surface area is 109 Å². The van der Waals surface area contributed by atoms with Crippen LogP contribution in [0.4, 0.5) is 5.69 Å². The van der Waals surface area contributed by atoms with Crippen molar-refractivity contribution in [1.82, 2.24) is 5.32 Å². The van der Waals surface area contributed by atoms with E-state index in [0.29, 0.717) is 22.2 Å². The fourth-order valence-electron chi connectivity index (χ4n) is 1.10. The van der Waals surface area contributed by atoms with Gasteiger partial charge in [-0.1, -0.05) is 36.2 Å². The highest BCUT2D eigenvalue weighted by Crippen LogP contribution is 2.29. The van der Waals surface area contributed by atoms with Gasteiger partial charge in [0, 0.05) is 6.42 Å². The number of amides is 2. The van der Waals surface area contributed by atoms with Gasteiger partial charge in [-0.05, 0) is 12.1 Å². The zero-order valence-electron chi connectivity index (χ0n) is 9.22. The van der Waals surface area contributed by atoms with E-state index < -0.39 is 0 Å². The normalized spacial score (nSPS) is 9.82. The molecular formula is C11H12Cl2N2O2. The summed E-state index contributed by atoms with van der Waals surface area (Å²) in [5.41, 5.74) is 0.353. The third-order valence-corrected chi connectivity index (χ3v) is 2.62. The van der Waals surface area contributed by atoms with Gasteiger partial charge >= 0.3 is 0 Å². The van der Waals surface area contributed by atoms with Crippen molar-refractivity contribution in [3.63, 3.8) is 0 Å². The molecule has 4 nitrogen and oxygen atoms in total. The van der Waals surface area contributed by atoms with E-state index in [2.05, 4.69) is 10.6 Å². The minimum Gasteiger partial charge on any atom is -0.347 e. The SMILES string of the molecule is CCC(=O)NCC(=O)Nc1c(Cl)cccc1Cl. The molecule has 6 heteroatoms. The molecule has 0 saturated heterocycles. The summed E-state index contributed by atoms with van der Waals surface area (Å²) < 4.78 is 0. The predicted molar refractivity (Wildman–Crippen MR) is 68.4 cm³/mol. The van der Waals surface area contributed by atoms with Crippen LogP contribution in [0.3, 0.4) is 0 Å². The first-order valence-corrected chi connectivity index (χ1v) is 5.80. The highest BCUT2D eigenvalue weighted by Gasteiger charge is 2.09. The van der Waals surface area contributed by atoms with Crippen LogP contribution in [0.1, 0.15) is 13.3 Å². The molecule has 0 aliphatic heterocycles. The first kappa shape index (κ1) is 13.8. The summed E-state index contributed by atoms with van der Waals surface area (Å²) in [4.78, 5) is 22.5. The zero-order chi connectivity index (χ0) is 12.8. The second-order valence-electron chi connectivity index (χ2n) is 3.28. The monoisotopic (exact) mass is 274 g/mol. The molecular weight excluding hydrogens is 263 g/mol. The highest BCUT2D eigenvalue weighted by atomic mass is 35.5. The summed E-state index contributed by atoms with van der Waals surface area (Å²) in [5.74, 6) is -0.563. The molecule has 17 heavy (non-hydrogen) atoms. The Morgan fingerprint density at radius 2 is 1.76 bits per heavy atom. The van der Waals surface area contributed by atoms with Crippen LogP contribution in [0.2, 0.25) is 10.0 Å². The fourth-order valence-corrected chi connectivity index (χ4v) is 1.60. The van der Waals surface area contributed by atoms with Crippen LogP contribution in [0.15, 0.2) is 18.2 Å². The van der Waals surface area contributed by atoms with Gasteiger partial charge in [0.25, 0.3) is 0 Å². The van der Waals surface area contributed by atoms with Crippen LogP contribution in [0, 0.1) is 0 Å². The number of halogens is 2. The Kier molecular flexibility index (Phi) is 5.25. The molecule has 1 rings (SSSR count). The third kappa shape index (κ3) is 4.24. The predicted octanol–water partition coefficient (Wildman–Crippen LogP) is 2.46. The van der Waals surface area contributed by atoms with E-state index >= 15 is 0 Å². The number of carbonyl (C=O) groups is 2. The maximum absolute atomic E-state index is 11.5. The van der Waals surface area contributed by atoms with Crippen molar-refractivity contribution in [3.05, 3.63) is 28.2 Å². The van der Waals surface area contributed by atoms with Crippen LogP contribution in [0.5, 0.6) is 0 Å². The van der Waals surface area contributed by atoms with E-state index in [1.54, 1.807) is 25.1 Å². The number of nitrogens with one attached hydrogen (secondary N) is 2. The summed E-state index contributed by atoms with van der Waals surface area (Å²) in [6.45, 7) is 1.60. The summed E-state index contributed by atoms with van der Waals surface area (Å²) in [7, 11) is 0. The Bertz CT molecular complexity index is 415. The number of carbonyl (C=O) groups excluding carboxylic acids is 2. The third-order valence-electron chi connectivity index (χ3n) is 1.99. The molecule has 0 aromatic heterocycles. The molecule has 1 aromatic rings. The van der Waals surface area contributed by atoms with Crippen molar-refractivity contribution in [3.8, 4) is 0 Å². The minimum absolute atomic E-state index is 0.103. The molecule has 0 heterocycles. The summed E-state index contributed by atoms with van der Waals surface area (Å²) in [6.07, 6.45) is 0.333. The van der Waals surface area contributed by atoms with Gasteiger partial charge in [-0.15, -0.1) is 0 Å². The zero-order valence-corrected chi connectivity index (χ0v) is 10.7. The molecule has 0 atom stereocenters. The second-order valence-corrected chi connectivity index (χ2v) is 4.09. The van der Waals surface area contributed by atoms with Gasteiger partial charge in [-0.3, -0.25) is 9.59 Å². The summed E-state index contributed by atoms with van der Waals surface area (Å²) in [5, 5.41) is 5.70. The maximum atomic E-state index is 11.5. The first-order valence-electron chi connectivity index (χ1n) is 5.05. The Morgan fingerprint density at radius 3 is 2.29 bits per heavy atom. The lowest BCUT2D eigenvalue weighted by Gasteiger charge is -2.09. The lowest BCUT2D eigenvalue weighted by atomic mass is 10.3. The average Bonchev–Trinajstić information content (AvgIpc) is 2.31. The lowest BCUT2D eigenvalue weighted by Crippen LogP contribution is -2.32. The number of para-hydroxylation sites is 1. The van der Waals surface area contributed by atoms with Gasteiger partial charge in [-0.2, -0.15) is 0 Å². The molecule has 0 radical (unpaired) electrons. The molecule has 0 unspecified atom stereocenters. The second kappa shape index (κ2) is 6.47.